The highest BCUT2D eigenvalue weighted by Gasteiger charge is 2.22. The van der Waals surface area contributed by atoms with Crippen LogP contribution in [0.3, 0.4) is 0 Å². The summed E-state index contributed by atoms with van der Waals surface area (Å²) in [7, 11) is 0. The Hall–Kier alpha value is -0.750. The fourth-order valence-electron chi connectivity index (χ4n) is 1.19. The van der Waals surface area contributed by atoms with Gasteiger partial charge in [-0.2, -0.15) is 0 Å². The molecule has 1 saturated heterocycles. The number of pyridine rings is 1. The molecule has 80 valence electrons. The highest BCUT2D eigenvalue weighted by atomic mass is 79.9. The number of amides is 1. The van der Waals surface area contributed by atoms with Gasteiger partial charge in [0, 0.05) is 27.5 Å². The predicted molar refractivity (Wildman–Crippen MR) is 60.9 cm³/mol. The van der Waals surface area contributed by atoms with Gasteiger partial charge in [0.25, 0.3) is 0 Å². The molecule has 2 rings (SSSR count). The molecule has 1 amide bonds. The van der Waals surface area contributed by atoms with Crippen molar-refractivity contribution in [3.63, 3.8) is 0 Å². The van der Waals surface area contributed by atoms with Crippen LogP contribution in [0.1, 0.15) is 0 Å². The highest BCUT2D eigenvalue weighted by molar-refractivity contribution is 9.10. The molecule has 4 nitrogen and oxygen atoms in total. The number of aromatic nitrogens is 1. The Labute approximate surface area is 99.9 Å². The van der Waals surface area contributed by atoms with E-state index in [1.165, 1.54) is 0 Å². The van der Waals surface area contributed by atoms with E-state index < -0.39 is 0 Å². The summed E-state index contributed by atoms with van der Waals surface area (Å²) in [6, 6.07) is 1.99. The molecule has 1 unspecified atom stereocenters. The molecule has 6 heteroatoms. The molecule has 0 aromatic carbocycles. The number of hydrogen-bond donors (Lipinski definition) is 1. The van der Waals surface area contributed by atoms with E-state index in [0.29, 0.717) is 6.54 Å². The van der Waals surface area contributed by atoms with Crippen molar-refractivity contribution in [1.82, 2.24) is 10.3 Å². The van der Waals surface area contributed by atoms with Crippen LogP contribution in [0.5, 0.6) is 0 Å². The molecule has 1 aliphatic heterocycles. The summed E-state index contributed by atoms with van der Waals surface area (Å²) in [6.45, 7) is 0.591. The van der Waals surface area contributed by atoms with Gasteiger partial charge in [-0.05, 0) is 22.0 Å². The number of alkyl carbamates (subject to hydrolysis) is 1. The van der Waals surface area contributed by atoms with E-state index in [1.54, 1.807) is 24.2 Å². The maximum Gasteiger partial charge on any atom is 0.407 e. The zero-order chi connectivity index (χ0) is 10.7. The van der Waals surface area contributed by atoms with Gasteiger partial charge in [0.15, 0.2) is 0 Å². The van der Waals surface area contributed by atoms with E-state index >= 15 is 0 Å². The van der Waals surface area contributed by atoms with Crippen molar-refractivity contribution < 1.29 is 9.53 Å². The third-order valence-electron chi connectivity index (χ3n) is 1.86. The SMILES string of the molecule is O=C1NCC(CSc2cncc(Br)c2)O1. The van der Waals surface area contributed by atoms with Crippen LogP contribution in [0, 0.1) is 0 Å². The smallest absolute Gasteiger partial charge is 0.407 e. The lowest BCUT2D eigenvalue weighted by Gasteiger charge is -2.06. The van der Waals surface area contributed by atoms with Gasteiger partial charge < -0.3 is 10.1 Å². The van der Waals surface area contributed by atoms with Crippen LogP contribution < -0.4 is 5.32 Å². The van der Waals surface area contributed by atoms with Gasteiger partial charge in [-0.15, -0.1) is 11.8 Å². The van der Waals surface area contributed by atoms with Crippen molar-refractivity contribution in [2.45, 2.75) is 11.0 Å². The normalized spacial score (nSPS) is 19.8. The molecule has 0 aliphatic carbocycles. The summed E-state index contributed by atoms with van der Waals surface area (Å²) >= 11 is 4.98. The third-order valence-corrected chi connectivity index (χ3v) is 3.39. The van der Waals surface area contributed by atoms with Gasteiger partial charge in [-0.1, -0.05) is 0 Å². The number of rotatable bonds is 3. The first kappa shape index (κ1) is 10.8. The molecular formula is C9H9BrN2O2S. The zero-order valence-corrected chi connectivity index (χ0v) is 10.2. The van der Waals surface area contributed by atoms with Crippen molar-refractivity contribution in [1.29, 1.82) is 0 Å². The molecule has 0 saturated carbocycles. The van der Waals surface area contributed by atoms with E-state index in [4.69, 9.17) is 4.74 Å². The minimum absolute atomic E-state index is 0.0403. The van der Waals surface area contributed by atoms with Gasteiger partial charge >= 0.3 is 6.09 Å². The number of carbonyl (C=O) groups is 1. The number of thioether (sulfide) groups is 1. The number of cyclic esters (lactones) is 1. The van der Waals surface area contributed by atoms with Crippen LogP contribution in [0.4, 0.5) is 4.79 Å². The Morgan fingerprint density at radius 2 is 2.53 bits per heavy atom. The predicted octanol–water partition coefficient (Wildman–Crippen LogP) is 2.04. The summed E-state index contributed by atoms with van der Waals surface area (Å²) in [5, 5.41) is 2.62. The van der Waals surface area contributed by atoms with Crippen molar-refractivity contribution >= 4 is 33.8 Å². The third kappa shape index (κ3) is 3.10. The first-order valence-electron chi connectivity index (χ1n) is 4.42. The maximum atomic E-state index is 10.8. The molecule has 2 heterocycles. The zero-order valence-electron chi connectivity index (χ0n) is 7.77. The van der Waals surface area contributed by atoms with E-state index in [1.807, 2.05) is 6.07 Å². The fourth-order valence-corrected chi connectivity index (χ4v) is 2.61. The second kappa shape index (κ2) is 4.85. The molecular weight excluding hydrogens is 280 g/mol. The Morgan fingerprint density at radius 1 is 1.67 bits per heavy atom. The van der Waals surface area contributed by atoms with Crippen molar-refractivity contribution in [3.8, 4) is 0 Å². The first-order valence-corrected chi connectivity index (χ1v) is 6.20. The molecule has 1 N–H and O–H groups in total. The molecule has 0 spiro atoms. The molecule has 1 aromatic heterocycles. The summed E-state index contributed by atoms with van der Waals surface area (Å²) in [5.74, 6) is 0.747. The van der Waals surface area contributed by atoms with Crippen LogP contribution >= 0.6 is 27.7 Å². The lowest BCUT2D eigenvalue weighted by atomic mass is 10.4. The van der Waals surface area contributed by atoms with Crippen molar-refractivity contribution in [3.05, 3.63) is 22.9 Å². The maximum absolute atomic E-state index is 10.8. The number of hydrogen-bond acceptors (Lipinski definition) is 4. The Morgan fingerprint density at radius 3 is 3.20 bits per heavy atom. The average molecular weight is 289 g/mol. The lowest BCUT2D eigenvalue weighted by molar-refractivity contribution is 0.150. The Bertz CT molecular complexity index is 375. The van der Waals surface area contributed by atoms with Crippen LogP contribution in [0.25, 0.3) is 0 Å². The quantitative estimate of drug-likeness (QED) is 0.865. The molecule has 0 bridgehead atoms. The molecule has 1 fully saturated rings. The lowest BCUT2D eigenvalue weighted by Crippen LogP contribution is -2.16. The monoisotopic (exact) mass is 288 g/mol. The van der Waals surface area contributed by atoms with Crippen LogP contribution in [-0.4, -0.2) is 29.5 Å². The minimum Gasteiger partial charge on any atom is -0.443 e. The van der Waals surface area contributed by atoms with Gasteiger partial charge in [-0.25, -0.2) is 4.79 Å². The average Bonchev–Trinajstić information content (AvgIpc) is 2.62. The number of carbonyl (C=O) groups excluding carboxylic acids is 1. The largest absolute Gasteiger partial charge is 0.443 e. The van der Waals surface area contributed by atoms with E-state index in [-0.39, 0.29) is 12.2 Å². The minimum atomic E-state index is -0.326. The second-order valence-corrected chi connectivity index (χ2v) is 5.07. The molecule has 1 aromatic rings. The molecule has 0 radical (unpaired) electrons. The number of nitrogens with one attached hydrogen (secondary N) is 1. The van der Waals surface area contributed by atoms with E-state index in [2.05, 4.69) is 26.2 Å². The van der Waals surface area contributed by atoms with Gasteiger partial charge in [0.2, 0.25) is 0 Å². The molecule has 1 aliphatic rings. The fraction of sp³-hybridized carbons (Fsp3) is 0.333. The topological polar surface area (TPSA) is 51.2 Å². The summed E-state index contributed by atoms with van der Waals surface area (Å²) in [5.41, 5.74) is 0. The number of nitrogens with zero attached hydrogens (tertiary/aromatic N) is 1. The van der Waals surface area contributed by atoms with Crippen molar-refractivity contribution in [2.75, 3.05) is 12.3 Å². The first-order chi connectivity index (χ1) is 7.24. The number of halogens is 1. The van der Waals surface area contributed by atoms with Gasteiger partial charge in [0.1, 0.15) is 6.10 Å². The Kier molecular flexibility index (Phi) is 3.48. The van der Waals surface area contributed by atoms with Gasteiger partial charge in [-0.3, -0.25) is 4.98 Å². The standard InChI is InChI=1S/C9H9BrN2O2S/c10-6-1-8(4-11-2-6)15-5-7-3-12-9(13)14-7/h1-2,4,7H,3,5H2,(H,12,13). The van der Waals surface area contributed by atoms with Gasteiger partial charge in [0.05, 0.1) is 6.54 Å². The van der Waals surface area contributed by atoms with Crippen LogP contribution in [0.2, 0.25) is 0 Å². The summed E-state index contributed by atoms with van der Waals surface area (Å²) in [6.07, 6.45) is 3.16. The highest BCUT2D eigenvalue weighted by Crippen LogP contribution is 2.22. The molecule has 1 atom stereocenters. The van der Waals surface area contributed by atoms with E-state index in [9.17, 15) is 4.79 Å². The van der Waals surface area contributed by atoms with Crippen LogP contribution in [0.15, 0.2) is 27.8 Å². The summed E-state index contributed by atoms with van der Waals surface area (Å²) < 4.78 is 5.96. The Balaban J connectivity index is 1.85. The van der Waals surface area contributed by atoms with E-state index in [0.717, 1.165) is 15.1 Å². The second-order valence-electron chi connectivity index (χ2n) is 3.06. The molecule has 15 heavy (non-hydrogen) atoms. The number of ether oxygens (including phenoxy) is 1. The summed E-state index contributed by atoms with van der Waals surface area (Å²) in [4.78, 5) is 15.9. The van der Waals surface area contributed by atoms with Crippen molar-refractivity contribution in [2.24, 2.45) is 0 Å². The van der Waals surface area contributed by atoms with Crippen LogP contribution in [-0.2, 0) is 4.74 Å².